The van der Waals surface area contributed by atoms with Gasteiger partial charge < -0.3 is 4.57 Å². The van der Waals surface area contributed by atoms with Gasteiger partial charge in [0.2, 0.25) is 0 Å². The molecule has 314 valence electrons. The Kier molecular flexibility index (Phi) is 10.2. The van der Waals surface area contributed by atoms with Crippen LogP contribution in [0, 0.1) is 0 Å². The topological polar surface area (TPSA) is 17.8 Å². The Morgan fingerprint density at radius 2 is 0.493 bits per heavy atom. The molecule has 2 aromatic heterocycles. The zero-order valence-corrected chi connectivity index (χ0v) is 36.8. The van der Waals surface area contributed by atoms with E-state index >= 15 is 0 Å². The molecule has 2 heterocycles. The number of para-hydroxylation sites is 2. The summed E-state index contributed by atoms with van der Waals surface area (Å²) in [5, 5.41) is 2.53. The van der Waals surface area contributed by atoms with Crippen molar-refractivity contribution in [2.75, 3.05) is 0 Å². The molecule has 67 heavy (non-hydrogen) atoms. The Hall–Kier alpha value is -8.85. The summed E-state index contributed by atoms with van der Waals surface area (Å²) in [6, 6.07) is 96.3. The maximum Gasteiger partial charge on any atom is 0.0716 e. The summed E-state index contributed by atoms with van der Waals surface area (Å²) in [7, 11) is 0. The van der Waals surface area contributed by atoms with Crippen LogP contribution in [0.15, 0.2) is 267 Å². The molecule has 2 heteroatoms. The monoisotopic (exact) mass is 852 g/mol. The smallest absolute Gasteiger partial charge is 0.0716 e. The molecule has 10 aromatic carbocycles. The Morgan fingerprint density at radius 3 is 0.925 bits per heavy atom. The molecule has 0 spiro atoms. The molecule has 0 aliphatic rings. The van der Waals surface area contributed by atoms with E-state index in [9.17, 15) is 0 Å². The normalized spacial score (nSPS) is 11.3. The van der Waals surface area contributed by atoms with Gasteiger partial charge in [-0.25, -0.2) is 4.98 Å². The predicted octanol–water partition coefficient (Wildman–Crippen LogP) is 17.5. The highest BCUT2D eigenvalue weighted by Gasteiger charge is 2.16. The van der Waals surface area contributed by atoms with E-state index in [1.165, 1.54) is 55.2 Å². The summed E-state index contributed by atoms with van der Waals surface area (Å²) in [5.74, 6) is 0. The molecular formula is C65H44N2. The highest BCUT2D eigenvalue weighted by molar-refractivity contribution is 6.09. The predicted molar refractivity (Wildman–Crippen MR) is 282 cm³/mol. The Bertz CT molecular complexity index is 3370. The number of hydrogen-bond acceptors (Lipinski definition) is 1. The lowest BCUT2D eigenvalue weighted by molar-refractivity contribution is 1.18. The third kappa shape index (κ3) is 7.81. The SMILES string of the molecule is c1ccc(-c2cc(-c3ccccc3)cc(-c3cc(-c4ccc(-c5ccc(-n6c7ccccc7c7ccccc76)cc5)cc4)cc(-c4cc(-c5ccccc5)cc(-c5ccccc5)n4)c3)c2)cc1. The lowest BCUT2D eigenvalue weighted by atomic mass is 9.90. The van der Waals surface area contributed by atoms with Crippen molar-refractivity contribution in [3.05, 3.63) is 267 Å². The van der Waals surface area contributed by atoms with Crippen molar-refractivity contribution in [1.29, 1.82) is 0 Å². The van der Waals surface area contributed by atoms with Gasteiger partial charge in [-0.05, 0) is 140 Å². The third-order valence-electron chi connectivity index (χ3n) is 13.0. The summed E-state index contributed by atoms with van der Waals surface area (Å²) < 4.78 is 2.37. The van der Waals surface area contributed by atoms with Gasteiger partial charge >= 0.3 is 0 Å². The number of nitrogens with zero attached hydrogens (tertiary/aromatic N) is 2. The van der Waals surface area contributed by atoms with Gasteiger partial charge in [0.1, 0.15) is 0 Å². The van der Waals surface area contributed by atoms with Crippen LogP contribution in [0.1, 0.15) is 0 Å². The molecular weight excluding hydrogens is 809 g/mol. The Labute approximate surface area is 391 Å². The first-order chi connectivity index (χ1) is 33.2. The van der Waals surface area contributed by atoms with Gasteiger partial charge in [0.05, 0.1) is 22.4 Å². The molecule has 0 saturated carbocycles. The van der Waals surface area contributed by atoms with Crippen LogP contribution in [0.2, 0.25) is 0 Å². The molecule has 0 saturated heterocycles. The minimum Gasteiger partial charge on any atom is -0.309 e. The van der Waals surface area contributed by atoms with E-state index in [1.54, 1.807) is 0 Å². The van der Waals surface area contributed by atoms with Crippen LogP contribution >= 0.6 is 0 Å². The van der Waals surface area contributed by atoms with Gasteiger partial charge in [-0.15, -0.1) is 0 Å². The number of hydrogen-bond donors (Lipinski definition) is 0. The molecule has 0 fully saturated rings. The van der Waals surface area contributed by atoms with E-state index < -0.39 is 0 Å². The van der Waals surface area contributed by atoms with Crippen molar-refractivity contribution in [2.24, 2.45) is 0 Å². The largest absolute Gasteiger partial charge is 0.309 e. The average Bonchev–Trinajstić information content (AvgIpc) is 3.76. The molecule has 12 aromatic rings. The van der Waals surface area contributed by atoms with E-state index in [-0.39, 0.29) is 0 Å². The average molecular weight is 853 g/mol. The fraction of sp³-hybridized carbons (Fsp3) is 0. The van der Waals surface area contributed by atoms with Crippen LogP contribution in [0.25, 0.3) is 117 Å². The van der Waals surface area contributed by atoms with E-state index in [1.807, 2.05) is 0 Å². The summed E-state index contributed by atoms with van der Waals surface area (Å²) in [6.07, 6.45) is 0. The van der Waals surface area contributed by atoms with E-state index in [2.05, 4.69) is 271 Å². The first-order valence-corrected chi connectivity index (χ1v) is 22.9. The number of rotatable bonds is 9. The maximum atomic E-state index is 5.41. The third-order valence-corrected chi connectivity index (χ3v) is 13.0. The molecule has 0 radical (unpaired) electrons. The van der Waals surface area contributed by atoms with E-state index in [4.69, 9.17) is 4.98 Å². The fourth-order valence-electron chi connectivity index (χ4n) is 9.59. The van der Waals surface area contributed by atoms with Crippen LogP contribution in [0.5, 0.6) is 0 Å². The van der Waals surface area contributed by atoms with Crippen molar-refractivity contribution in [3.8, 4) is 95.0 Å². The van der Waals surface area contributed by atoms with Gasteiger partial charge in [0.15, 0.2) is 0 Å². The highest BCUT2D eigenvalue weighted by atomic mass is 15.0. The quantitative estimate of drug-likeness (QED) is 0.141. The molecule has 2 nitrogen and oxygen atoms in total. The molecule has 0 amide bonds. The molecule has 0 N–H and O–H groups in total. The molecule has 0 unspecified atom stereocenters. The Balaban J connectivity index is 0.989. The summed E-state index contributed by atoms with van der Waals surface area (Å²) in [5.41, 5.74) is 21.4. The Morgan fingerprint density at radius 1 is 0.209 bits per heavy atom. The summed E-state index contributed by atoms with van der Waals surface area (Å²) >= 11 is 0. The first-order valence-electron chi connectivity index (χ1n) is 22.9. The summed E-state index contributed by atoms with van der Waals surface area (Å²) in [6.45, 7) is 0. The van der Waals surface area contributed by atoms with Crippen molar-refractivity contribution in [2.45, 2.75) is 0 Å². The van der Waals surface area contributed by atoms with Gasteiger partial charge in [0.25, 0.3) is 0 Å². The maximum absolute atomic E-state index is 5.41. The molecule has 0 atom stereocenters. The van der Waals surface area contributed by atoms with Gasteiger partial charge in [-0.1, -0.05) is 194 Å². The van der Waals surface area contributed by atoms with Crippen molar-refractivity contribution >= 4 is 21.8 Å². The summed E-state index contributed by atoms with van der Waals surface area (Å²) in [4.78, 5) is 5.41. The minimum atomic E-state index is 0.922. The second-order valence-corrected chi connectivity index (χ2v) is 17.2. The second-order valence-electron chi connectivity index (χ2n) is 17.2. The van der Waals surface area contributed by atoms with Crippen LogP contribution in [0.3, 0.4) is 0 Å². The highest BCUT2D eigenvalue weighted by Crippen LogP contribution is 2.40. The van der Waals surface area contributed by atoms with Crippen molar-refractivity contribution in [1.82, 2.24) is 9.55 Å². The van der Waals surface area contributed by atoms with Crippen LogP contribution in [0.4, 0.5) is 0 Å². The first kappa shape index (κ1) is 39.7. The standard InChI is InChI=1S/C65H44N2/c1-5-17-45(18-6-1)52-37-53(46-19-7-2-8-20-46)39-55(38-52)56-40-54(41-58(42-56)63-44-57(47-21-9-3-10-22-47)43-62(66-63)51-23-11-4-12-24-51)50-31-29-48(30-32-50)49-33-35-59(36-34-49)67-64-27-15-13-25-60(64)61-26-14-16-28-65(61)67/h1-44H. The van der Waals surface area contributed by atoms with E-state index in [0.717, 1.165) is 61.6 Å². The number of aromatic nitrogens is 2. The molecule has 0 aliphatic heterocycles. The van der Waals surface area contributed by atoms with Crippen molar-refractivity contribution < 1.29 is 0 Å². The zero-order valence-electron chi connectivity index (χ0n) is 36.8. The van der Waals surface area contributed by atoms with Gasteiger partial charge in [0, 0.05) is 27.6 Å². The van der Waals surface area contributed by atoms with Crippen LogP contribution in [-0.4, -0.2) is 9.55 Å². The lowest BCUT2D eigenvalue weighted by Gasteiger charge is -2.16. The molecule has 0 bridgehead atoms. The number of fused-ring (bicyclic) bond motifs is 3. The second kappa shape index (κ2) is 17.3. The fourth-order valence-corrected chi connectivity index (χ4v) is 9.59. The molecule has 12 rings (SSSR count). The van der Waals surface area contributed by atoms with Gasteiger partial charge in [-0.2, -0.15) is 0 Å². The molecule has 0 aliphatic carbocycles. The van der Waals surface area contributed by atoms with Gasteiger partial charge in [-0.3, -0.25) is 0 Å². The zero-order chi connectivity index (χ0) is 44.5. The van der Waals surface area contributed by atoms with Crippen molar-refractivity contribution in [3.63, 3.8) is 0 Å². The number of pyridine rings is 1. The number of benzene rings is 10. The minimum absolute atomic E-state index is 0.922. The lowest BCUT2D eigenvalue weighted by Crippen LogP contribution is -1.94. The van der Waals surface area contributed by atoms with E-state index in [0.29, 0.717) is 0 Å². The van der Waals surface area contributed by atoms with Crippen LogP contribution in [-0.2, 0) is 0 Å². The van der Waals surface area contributed by atoms with Crippen LogP contribution < -0.4 is 0 Å².